The second-order valence-corrected chi connectivity index (χ2v) is 7.62. The molecule has 4 atom stereocenters. The number of fused-ring (bicyclic) bond motifs is 4. The Bertz CT molecular complexity index is 885. The molecule has 0 amide bonds. The maximum Gasteiger partial charge on any atom is 0.338 e. The molecule has 28 heavy (non-hydrogen) atoms. The van der Waals surface area contributed by atoms with E-state index in [9.17, 15) is 4.79 Å². The Kier molecular flexibility index (Phi) is 4.02. The highest BCUT2D eigenvalue weighted by molar-refractivity contribution is 5.89. The highest BCUT2D eigenvalue weighted by Gasteiger charge is 2.66. The van der Waals surface area contributed by atoms with E-state index in [0.29, 0.717) is 12.2 Å². The second kappa shape index (κ2) is 6.35. The van der Waals surface area contributed by atoms with Crippen molar-refractivity contribution in [2.45, 2.75) is 50.3 Å². The van der Waals surface area contributed by atoms with Crippen molar-refractivity contribution in [3.8, 4) is 0 Å². The van der Waals surface area contributed by atoms with Crippen LogP contribution >= 0.6 is 0 Å². The normalized spacial score (nSPS) is 32.9. The summed E-state index contributed by atoms with van der Waals surface area (Å²) in [5.41, 5.74) is 0.266. The fourth-order valence-electron chi connectivity index (χ4n) is 4.07. The highest BCUT2D eigenvalue weighted by atomic mass is 16.8. The van der Waals surface area contributed by atoms with E-state index in [0.717, 1.165) is 5.69 Å². The Morgan fingerprint density at radius 2 is 2.07 bits per heavy atom. The molecule has 4 heterocycles. The minimum absolute atomic E-state index is 0.0279. The van der Waals surface area contributed by atoms with Gasteiger partial charge in [-0.25, -0.2) is 9.48 Å². The lowest BCUT2D eigenvalue weighted by atomic mass is 10.0. The van der Waals surface area contributed by atoms with Crippen LogP contribution in [0.1, 0.15) is 29.9 Å². The van der Waals surface area contributed by atoms with Crippen LogP contribution in [0.3, 0.4) is 0 Å². The molecule has 0 saturated carbocycles. The number of hydrogen-bond donors (Lipinski definition) is 0. The van der Waals surface area contributed by atoms with Crippen molar-refractivity contribution in [1.82, 2.24) is 15.0 Å². The number of ether oxygens (including phenoxy) is 5. The number of carbonyl (C=O) groups excluding carboxylic acids is 1. The first-order valence-electron chi connectivity index (χ1n) is 9.22. The van der Waals surface area contributed by atoms with Crippen LogP contribution < -0.4 is 0 Å². The molecule has 1 aromatic carbocycles. The number of esters is 1. The van der Waals surface area contributed by atoms with Gasteiger partial charge in [-0.2, -0.15) is 0 Å². The molecule has 0 aliphatic carbocycles. The maximum absolute atomic E-state index is 12.3. The molecule has 0 bridgehead atoms. The molecule has 2 fully saturated rings. The molecule has 0 radical (unpaired) electrons. The molecule has 5 rings (SSSR count). The zero-order chi connectivity index (χ0) is 19.4. The number of aromatic nitrogens is 3. The fourth-order valence-corrected chi connectivity index (χ4v) is 4.07. The Hall–Kier alpha value is -2.33. The Morgan fingerprint density at radius 3 is 2.89 bits per heavy atom. The van der Waals surface area contributed by atoms with Crippen LogP contribution in [0.2, 0.25) is 0 Å². The van der Waals surface area contributed by atoms with Gasteiger partial charge in [0, 0.05) is 0 Å². The SMILES string of the molecule is CC1(C)OC2[C@@H](O1)[C@@H](COC(=O)c1ccccc1)O[C@]21COCc2cnnn21. The number of carbonyl (C=O) groups is 1. The molecule has 0 N–H and O–H groups in total. The molecule has 3 aliphatic heterocycles. The zero-order valence-corrected chi connectivity index (χ0v) is 15.6. The van der Waals surface area contributed by atoms with Crippen LogP contribution in [0.5, 0.6) is 0 Å². The summed E-state index contributed by atoms with van der Waals surface area (Å²) in [6.07, 6.45) is 0.211. The summed E-state index contributed by atoms with van der Waals surface area (Å²) in [5, 5.41) is 8.18. The lowest BCUT2D eigenvalue weighted by molar-refractivity contribution is -0.260. The van der Waals surface area contributed by atoms with E-state index in [-0.39, 0.29) is 13.2 Å². The van der Waals surface area contributed by atoms with E-state index in [1.807, 2.05) is 19.9 Å². The van der Waals surface area contributed by atoms with Crippen LogP contribution in [0.15, 0.2) is 36.5 Å². The maximum atomic E-state index is 12.3. The Morgan fingerprint density at radius 1 is 1.25 bits per heavy atom. The molecule has 148 valence electrons. The summed E-state index contributed by atoms with van der Waals surface area (Å²) < 4.78 is 31.5. The first-order chi connectivity index (χ1) is 13.5. The highest BCUT2D eigenvalue weighted by Crippen LogP contribution is 2.48. The quantitative estimate of drug-likeness (QED) is 0.726. The third-order valence-corrected chi connectivity index (χ3v) is 5.22. The van der Waals surface area contributed by atoms with Gasteiger partial charge < -0.3 is 23.7 Å². The van der Waals surface area contributed by atoms with Crippen LogP contribution in [-0.4, -0.2) is 58.3 Å². The van der Waals surface area contributed by atoms with Crippen LogP contribution in [0.25, 0.3) is 0 Å². The van der Waals surface area contributed by atoms with Gasteiger partial charge in [0.05, 0.1) is 30.7 Å². The minimum atomic E-state index is -1.01. The average Bonchev–Trinajstić information content (AvgIpc) is 3.36. The molecule has 2 saturated heterocycles. The van der Waals surface area contributed by atoms with Gasteiger partial charge in [0.15, 0.2) is 5.79 Å². The molecular formula is C19H21N3O6. The Balaban J connectivity index is 1.40. The van der Waals surface area contributed by atoms with Crippen molar-refractivity contribution in [3.63, 3.8) is 0 Å². The summed E-state index contributed by atoms with van der Waals surface area (Å²) in [4.78, 5) is 12.3. The molecule has 1 unspecified atom stereocenters. The van der Waals surface area contributed by atoms with E-state index in [4.69, 9.17) is 23.7 Å². The third kappa shape index (κ3) is 2.74. The molecule has 9 nitrogen and oxygen atoms in total. The molecule has 2 aromatic rings. The van der Waals surface area contributed by atoms with Crippen LogP contribution in [0.4, 0.5) is 0 Å². The van der Waals surface area contributed by atoms with E-state index in [1.165, 1.54) is 0 Å². The molecule has 3 aliphatic rings. The summed E-state index contributed by atoms with van der Waals surface area (Å²) in [6.45, 7) is 4.36. The number of nitrogens with zero attached hydrogens (tertiary/aromatic N) is 3. The zero-order valence-electron chi connectivity index (χ0n) is 15.6. The lowest BCUT2D eigenvalue weighted by Crippen LogP contribution is -2.52. The number of rotatable bonds is 3. The van der Waals surface area contributed by atoms with Gasteiger partial charge in [-0.3, -0.25) is 0 Å². The van der Waals surface area contributed by atoms with Crippen molar-refractivity contribution in [1.29, 1.82) is 0 Å². The fraction of sp³-hybridized carbons (Fsp3) is 0.526. The molecular weight excluding hydrogens is 366 g/mol. The Labute approximate surface area is 161 Å². The monoisotopic (exact) mass is 387 g/mol. The first kappa shape index (κ1) is 17.7. The largest absolute Gasteiger partial charge is 0.459 e. The average molecular weight is 387 g/mol. The lowest BCUT2D eigenvalue weighted by Gasteiger charge is -2.37. The smallest absolute Gasteiger partial charge is 0.338 e. The van der Waals surface area contributed by atoms with E-state index in [1.54, 1.807) is 35.1 Å². The standard InChI is InChI=1S/C19H21N3O6/c1-18(2)27-15-14(10-25-17(23)12-6-4-3-5-7-12)26-19(16(15)28-18)11-24-9-13-8-20-21-22(13)19/h3-8,14-16H,9-11H2,1-2H3/t14-,15+,16?,19-/m1/s1. The predicted molar refractivity (Wildman–Crippen MR) is 93.1 cm³/mol. The topological polar surface area (TPSA) is 93.9 Å². The molecule has 9 heteroatoms. The van der Waals surface area contributed by atoms with Gasteiger partial charge in [-0.05, 0) is 26.0 Å². The van der Waals surface area contributed by atoms with E-state index in [2.05, 4.69) is 10.3 Å². The molecule has 1 spiro atoms. The van der Waals surface area contributed by atoms with Gasteiger partial charge >= 0.3 is 5.97 Å². The van der Waals surface area contributed by atoms with Gasteiger partial charge in [0.25, 0.3) is 0 Å². The van der Waals surface area contributed by atoms with Crippen molar-refractivity contribution in [2.75, 3.05) is 13.2 Å². The predicted octanol–water partition coefficient (Wildman–Crippen LogP) is 1.24. The van der Waals surface area contributed by atoms with Gasteiger partial charge in [-0.1, -0.05) is 23.4 Å². The summed E-state index contributed by atoms with van der Waals surface area (Å²) in [7, 11) is 0. The van der Waals surface area contributed by atoms with Crippen LogP contribution in [0, 0.1) is 0 Å². The van der Waals surface area contributed by atoms with Gasteiger partial charge in [0.1, 0.15) is 24.9 Å². The molecule has 1 aromatic heterocycles. The van der Waals surface area contributed by atoms with E-state index >= 15 is 0 Å². The van der Waals surface area contributed by atoms with E-state index < -0.39 is 35.8 Å². The summed E-state index contributed by atoms with van der Waals surface area (Å²) >= 11 is 0. The van der Waals surface area contributed by atoms with Crippen molar-refractivity contribution >= 4 is 5.97 Å². The minimum Gasteiger partial charge on any atom is -0.459 e. The third-order valence-electron chi connectivity index (χ3n) is 5.22. The summed E-state index contributed by atoms with van der Waals surface area (Å²) in [6, 6.07) is 8.83. The van der Waals surface area contributed by atoms with Crippen molar-refractivity contribution < 1.29 is 28.5 Å². The van der Waals surface area contributed by atoms with Crippen molar-refractivity contribution in [2.24, 2.45) is 0 Å². The number of benzene rings is 1. The van der Waals surface area contributed by atoms with Crippen molar-refractivity contribution in [3.05, 3.63) is 47.8 Å². The van der Waals surface area contributed by atoms with Crippen LogP contribution in [-0.2, 0) is 36.0 Å². The number of hydrogen-bond acceptors (Lipinski definition) is 8. The van der Waals surface area contributed by atoms with Gasteiger partial charge in [0.2, 0.25) is 5.72 Å². The first-order valence-corrected chi connectivity index (χ1v) is 9.22. The summed E-state index contributed by atoms with van der Waals surface area (Å²) in [5.74, 6) is -1.22. The van der Waals surface area contributed by atoms with Gasteiger partial charge in [-0.15, -0.1) is 5.10 Å². The second-order valence-electron chi connectivity index (χ2n) is 7.62.